The first-order valence-corrected chi connectivity index (χ1v) is 15.9. The predicted octanol–water partition coefficient (Wildman–Crippen LogP) is 6.11. The second-order valence-electron chi connectivity index (χ2n) is 9.91. The van der Waals surface area contributed by atoms with Gasteiger partial charge in [0.2, 0.25) is 0 Å². The number of allylic oxidation sites excluding steroid dienone is 1. The lowest BCUT2D eigenvalue weighted by atomic mass is 9.94. The van der Waals surface area contributed by atoms with Crippen LogP contribution in [-0.2, 0) is 11.4 Å². The van der Waals surface area contributed by atoms with Gasteiger partial charge in [-0.05, 0) is 84.2 Å². The van der Waals surface area contributed by atoms with Gasteiger partial charge in [0.25, 0.3) is 11.5 Å². The highest BCUT2D eigenvalue weighted by molar-refractivity contribution is 9.10. The quantitative estimate of drug-likeness (QED) is 0.214. The lowest BCUT2D eigenvalue weighted by Gasteiger charge is -2.29. The molecule has 0 saturated heterocycles. The van der Waals surface area contributed by atoms with Crippen LogP contribution in [0.4, 0.5) is 0 Å². The van der Waals surface area contributed by atoms with E-state index in [1.54, 1.807) is 16.6 Å². The van der Waals surface area contributed by atoms with Gasteiger partial charge >= 0.3 is 0 Å². The van der Waals surface area contributed by atoms with Crippen LogP contribution in [0, 0.1) is 0 Å². The molecule has 0 unspecified atom stereocenters. The van der Waals surface area contributed by atoms with Gasteiger partial charge in [0, 0.05) is 23.7 Å². The van der Waals surface area contributed by atoms with Crippen LogP contribution in [-0.4, -0.2) is 35.6 Å². The van der Waals surface area contributed by atoms with E-state index in [9.17, 15) is 9.59 Å². The minimum absolute atomic E-state index is 0.144. The molecule has 0 fully saturated rings. The average Bonchev–Trinajstić information content (AvgIpc) is 3.31. The molecule has 0 radical (unpaired) electrons. The number of halogens is 2. The number of carbonyl (C=O) groups is 1. The Morgan fingerprint density at radius 3 is 2.49 bits per heavy atom. The summed E-state index contributed by atoms with van der Waals surface area (Å²) in [6.07, 6.45) is 1.84. The SMILES string of the molecule is CCN(CC)C(=O)C1=C(C)N=c2s/c(=C/c3ccc(OCc4ccc(Cl)cc4)c(Br)c3)c(=O)n2[C@@H]1c1ccccc1OC. The number of carbonyl (C=O) groups excluding carboxylic acids is 1. The number of nitrogens with zero attached hydrogens (tertiary/aromatic N) is 3. The third-order valence-corrected chi connectivity index (χ3v) is 9.15. The van der Waals surface area contributed by atoms with Gasteiger partial charge in [0.15, 0.2) is 4.80 Å². The smallest absolute Gasteiger partial charge is 0.271 e. The highest BCUT2D eigenvalue weighted by Gasteiger charge is 2.35. The van der Waals surface area contributed by atoms with Crippen molar-refractivity contribution in [3.63, 3.8) is 0 Å². The number of benzene rings is 3. The van der Waals surface area contributed by atoms with Gasteiger partial charge in [-0.2, -0.15) is 0 Å². The number of fused-ring (bicyclic) bond motifs is 1. The van der Waals surface area contributed by atoms with Crippen LogP contribution in [0.3, 0.4) is 0 Å². The van der Waals surface area contributed by atoms with Gasteiger partial charge in [0.1, 0.15) is 24.1 Å². The van der Waals surface area contributed by atoms with Crippen LogP contribution in [0.1, 0.15) is 43.5 Å². The fourth-order valence-electron chi connectivity index (χ4n) is 5.08. The second-order valence-corrected chi connectivity index (χ2v) is 12.2. The first-order valence-electron chi connectivity index (χ1n) is 13.9. The molecule has 1 atom stereocenters. The maximum Gasteiger partial charge on any atom is 0.271 e. The zero-order valence-electron chi connectivity index (χ0n) is 24.3. The van der Waals surface area contributed by atoms with E-state index in [0.717, 1.165) is 21.2 Å². The molecule has 10 heteroatoms. The molecule has 5 rings (SSSR count). The summed E-state index contributed by atoms with van der Waals surface area (Å²) < 4.78 is 14.6. The molecule has 1 aliphatic heterocycles. The van der Waals surface area contributed by atoms with Gasteiger partial charge in [-0.3, -0.25) is 14.2 Å². The van der Waals surface area contributed by atoms with E-state index in [0.29, 0.717) is 56.8 Å². The first-order chi connectivity index (χ1) is 20.7. The molecule has 3 aromatic carbocycles. The van der Waals surface area contributed by atoms with E-state index in [1.165, 1.54) is 11.3 Å². The molecule has 1 aromatic heterocycles. The molecule has 4 aromatic rings. The summed E-state index contributed by atoms with van der Waals surface area (Å²) in [7, 11) is 1.59. The number of hydrogen-bond acceptors (Lipinski definition) is 6. The Morgan fingerprint density at radius 1 is 1.09 bits per heavy atom. The number of aromatic nitrogens is 1. The summed E-state index contributed by atoms with van der Waals surface area (Å²) in [5.41, 5.74) is 3.38. The maximum absolute atomic E-state index is 14.1. The third-order valence-electron chi connectivity index (χ3n) is 7.30. The van der Waals surface area contributed by atoms with Crippen molar-refractivity contribution in [2.45, 2.75) is 33.4 Å². The van der Waals surface area contributed by atoms with E-state index in [1.807, 2.05) is 93.6 Å². The van der Waals surface area contributed by atoms with Crippen LogP contribution in [0.2, 0.25) is 5.02 Å². The number of thiazole rings is 1. The normalized spacial score (nSPS) is 14.7. The Balaban J connectivity index is 1.56. The van der Waals surface area contributed by atoms with E-state index in [4.69, 9.17) is 26.1 Å². The standard InChI is InChI=1S/C33H31BrClN3O4S/c1-5-37(6-2)32(40)29-20(3)36-33-38(30(29)24-9-7-8-10-26(24)41-4)31(39)28(43-33)18-22-13-16-27(25(34)17-22)42-19-21-11-14-23(35)15-12-21/h7-18,30H,5-6,19H2,1-4H3/b28-18+/t30-/m1/s1. The number of para-hydroxylation sites is 1. The van der Waals surface area contributed by atoms with E-state index in [-0.39, 0.29) is 11.5 Å². The lowest BCUT2D eigenvalue weighted by Crippen LogP contribution is -2.43. The molecule has 7 nitrogen and oxygen atoms in total. The molecule has 0 N–H and O–H groups in total. The minimum Gasteiger partial charge on any atom is -0.496 e. The molecular formula is C33H31BrClN3O4S. The van der Waals surface area contributed by atoms with Crippen LogP contribution in [0.15, 0.2) is 92.3 Å². The topological polar surface area (TPSA) is 73.1 Å². The Kier molecular flexibility index (Phi) is 9.54. The average molecular weight is 681 g/mol. The van der Waals surface area contributed by atoms with Crippen LogP contribution in [0.25, 0.3) is 6.08 Å². The van der Waals surface area contributed by atoms with Gasteiger partial charge in [-0.25, -0.2) is 4.99 Å². The van der Waals surface area contributed by atoms with E-state index >= 15 is 0 Å². The van der Waals surface area contributed by atoms with Crippen molar-refractivity contribution in [3.05, 3.63) is 124 Å². The van der Waals surface area contributed by atoms with Crippen molar-refractivity contribution in [2.75, 3.05) is 20.2 Å². The number of ether oxygens (including phenoxy) is 2. The molecule has 1 aliphatic rings. The van der Waals surface area contributed by atoms with Crippen LogP contribution < -0.4 is 24.4 Å². The van der Waals surface area contributed by atoms with Crippen molar-refractivity contribution in [2.24, 2.45) is 4.99 Å². The highest BCUT2D eigenvalue weighted by atomic mass is 79.9. The first kappa shape index (κ1) is 30.8. The van der Waals surface area contributed by atoms with Gasteiger partial charge in [0.05, 0.1) is 27.4 Å². The monoisotopic (exact) mass is 679 g/mol. The van der Waals surface area contributed by atoms with Gasteiger partial charge in [-0.15, -0.1) is 0 Å². The summed E-state index contributed by atoms with van der Waals surface area (Å²) in [6.45, 7) is 7.20. The summed E-state index contributed by atoms with van der Waals surface area (Å²) >= 11 is 10.9. The summed E-state index contributed by atoms with van der Waals surface area (Å²) in [5.74, 6) is 1.13. The Bertz CT molecular complexity index is 1880. The number of methoxy groups -OCH3 is 1. The Hall–Kier alpha value is -3.66. The molecule has 43 heavy (non-hydrogen) atoms. The maximum atomic E-state index is 14.1. The second kappa shape index (κ2) is 13.3. The lowest BCUT2D eigenvalue weighted by molar-refractivity contribution is -0.127. The molecule has 0 bridgehead atoms. The Morgan fingerprint density at radius 2 is 1.81 bits per heavy atom. The molecular weight excluding hydrogens is 650 g/mol. The summed E-state index contributed by atoms with van der Waals surface area (Å²) in [4.78, 5) is 34.9. The summed E-state index contributed by atoms with van der Waals surface area (Å²) in [6, 6.07) is 20.0. The van der Waals surface area contributed by atoms with Crippen molar-refractivity contribution in [3.8, 4) is 11.5 Å². The predicted molar refractivity (Wildman–Crippen MR) is 175 cm³/mol. The number of amides is 1. The number of rotatable bonds is 9. The van der Waals surface area contributed by atoms with E-state index < -0.39 is 6.04 Å². The van der Waals surface area contributed by atoms with Gasteiger partial charge in [-0.1, -0.05) is 59.3 Å². The largest absolute Gasteiger partial charge is 0.496 e. The third kappa shape index (κ3) is 6.34. The fraction of sp³-hybridized carbons (Fsp3) is 0.242. The van der Waals surface area contributed by atoms with Crippen LogP contribution >= 0.6 is 38.9 Å². The molecule has 0 aliphatic carbocycles. The van der Waals surface area contributed by atoms with Crippen molar-refractivity contribution in [1.29, 1.82) is 0 Å². The van der Waals surface area contributed by atoms with Crippen LogP contribution in [0.5, 0.6) is 11.5 Å². The van der Waals surface area contributed by atoms with Gasteiger partial charge < -0.3 is 14.4 Å². The Labute approximate surface area is 267 Å². The molecule has 0 saturated carbocycles. The molecule has 0 spiro atoms. The van der Waals surface area contributed by atoms with E-state index in [2.05, 4.69) is 15.9 Å². The molecule has 222 valence electrons. The molecule has 1 amide bonds. The molecule has 2 heterocycles. The minimum atomic E-state index is -0.682. The number of likely N-dealkylation sites (N-methyl/N-ethyl adjacent to an activating group) is 1. The highest BCUT2D eigenvalue weighted by Crippen LogP contribution is 2.36. The van der Waals surface area contributed by atoms with Crippen molar-refractivity contribution >= 4 is 50.9 Å². The van der Waals surface area contributed by atoms with Crippen molar-refractivity contribution < 1.29 is 14.3 Å². The zero-order valence-corrected chi connectivity index (χ0v) is 27.4. The zero-order chi connectivity index (χ0) is 30.7. The van der Waals surface area contributed by atoms with Crippen molar-refractivity contribution in [1.82, 2.24) is 9.47 Å². The number of hydrogen-bond donors (Lipinski definition) is 0. The summed E-state index contributed by atoms with van der Waals surface area (Å²) in [5, 5.41) is 0.677. The fourth-order valence-corrected chi connectivity index (χ4v) is 6.76.